The minimum atomic E-state index is -4.45. The van der Waals surface area contributed by atoms with Gasteiger partial charge in [-0.05, 0) is 24.3 Å². The number of piperazine rings is 1. The number of nitrogens with zero attached hydrogens (tertiary/aromatic N) is 3. The zero-order chi connectivity index (χ0) is 20.9. The Bertz CT molecular complexity index is 1280. The molecule has 1 aliphatic heterocycles. The first-order chi connectivity index (χ1) is 14.4. The highest BCUT2D eigenvalue weighted by Gasteiger charge is 2.31. The summed E-state index contributed by atoms with van der Waals surface area (Å²) in [6.45, 7) is 3.67. The van der Waals surface area contributed by atoms with Gasteiger partial charge in [-0.2, -0.15) is 13.2 Å². The topological polar surface area (TPSA) is 78.6 Å². The molecular formula is C20H18F3N5O2. The molecule has 0 spiro atoms. The van der Waals surface area contributed by atoms with Crippen molar-refractivity contribution < 1.29 is 17.6 Å². The molecule has 0 unspecified atom stereocenters. The lowest BCUT2D eigenvalue weighted by molar-refractivity contribution is -0.137. The van der Waals surface area contributed by atoms with Crippen LogP contribution in [0, 0.1) is 0 Å². The van der Waals surface area contributed by atoms with Gasteiger partial charge in [0.25, 0.3) is 0 Å². The van der Waals surface area contributed by atoms with Crippen LogP contribution in [0.3, 0.4) is 0 Å². The Balaban J connectivity index is 1.68. The predicted molar refractivity (Wildman–Crippen MR) is 104 cm³/mol. The second kappa shape index (κ2) is 6.99. The highest BCUT2D eigenvalue weighted by atomic mass is 19.4. The molecule has 0 aliphatic carbocycles. The summed E-state index contributed by atoms with van der Waals surface area (Å²) in [7, 11) is 0. The van der Waals surface area contributed by atoms with Crippen LogP contribution in [0.25, 0.3) is 28.0 Å². The summed E-state index contributed by atoms with van der Waals surface area (Å²) in [6.07, 6.45) is -3.35. The standard InChI is InChI=1S/C20H18F3N5O2/c21-20(22,23)13-2-4-17-26-18(12-1-3-14-16(9-12)30-19(29)25-14)15(28(17)10-13)11-27-7-5-24-6-8-27/h1-4,9-10,24H,5-8,11H2,(H,25,29). The van der Waals surface area contributed by atoms with Gasteiger partial charge in [0, 0.05) is 44.5 Å². The number of oxazole rings is 1. The van der Waals surface area contributed by atoms with Gasteiger partial charge in [0.15, 0.2) is 5.58 Å². The molecule has 5 rings (SSSR count). The van der Waals surface area contributed by atoms with Gasteiger partial charge in [-0.15, -0.1) is 0 Å². The lowest BCUT2D eigenvalue weighted by Gasteiger charge is -2.27. The van der Waals surface area contributed by atoms with Gasteiger partial charge in [-0.3, -0.25) is 9.88 Å². The number of alkyl halides is 3. The lowest BCUT2D eigenvalue weighted by Crippen LogP contribution is -2.43. The van der Waals surface area contributed by atoms with E-state index in [2.05, 4.69) is 20.2 Å². The number of aromatic nitrogens is 3. The van der Waals surface area contributed by atoms with E-state index >= 15 is 0 Å². The number of imidazole rings is 1. The molecule has 0 amide bonds. The Labute approximate surface area is 168 Å². The van der Waals surface area contributed by atoms with Crippen molar-refractivity contribution >= 4 is 16.7 Å². The van der Waals surface area contributed by atoms with E-state index in [0.717, 1.165) is 38.4 Å². The molecule has 2 N–H and O–H groups in total. The first kappa shape index (κ1) is 18.9. The van der Waals surface area contributed by atoms with Gasteiger partial charge >= 0.3 is 11.9 Å². The molecule has 0 atom stereocenters. The zero-order valence-corrected chi connectivity index (χ0v) is 15.8. The number of aromatic amines is 1. The summed E-state index contributed by atoms with van der Waals surface area (Å²) in [6, 6.07) is 7.58. The third kappa shape index (κ3) is 3.37. The number of benzene rings is 1. The van der Waals surface area contributed by atoms with Crippen molar-refractivity contribution in [3.05, 3.63) is 58.3 Å². The van der Waals surface area contributed by atoms with Gasteiger partial charge in [0.1, 0.15) is 5.65 Å². The molecule has 7 nitrogen and oxygen atoms in total. The molecule has 1 saturated heterocycles. The Morgan fingerprint density at radius 2 is 1.93 bits per heavy atom. The molecular weight excluding hydrogens is 399 g/mol. The van der Waals surface area contributed by atoms with Crippen LogP contribution in [-0.4, -0.2) is 45.4 Å². The molecule has 0 saturated carbocycles. The number of fused-ring (bicyclic) bond motifs is 2. The molecule has 30 heavy (non-hydrogen) atoms. The van der Waals surface area contributed by atoms with E-state index in [1.54, 1.807) is 18.2 Å². The Kier molecular flexibility index (Phi) is 4.40. The fraction of sp³-hybridized carbons (Fsp3) is 0.300. The van der Waals surface area contributed by atoms with Crippen molar-refractivity contribution in [1.82, 2.24) is 24.6 Å². The smallest absolute Gasteiger partial charge is 0.408 e. The van der Waals surface area contributed by atoms with Crippen molar-refractivity contribution in [3.8, 4) is 11.3 Å². The van der Waals surface area contributed by atoms with Crippen LogP contribution in [0.4, 0.5) is 13.2 Å². The molecule has 1 aliphatic rings. The molecule has 4 aromatic rings. The highest BCUT2D eigenvalue weighted by Crippen LogP contribution is 2.32. The maximum atomic E-state index is 13.3. The fourth-order valence-electron chi connectivity index (χ4n) is 3.82. The fourth-order valence-corrected chi connectivity index (χ4v) is 3.82. The Morgan fingerprint density at radius 3 is 2.70 bits per heavy atom. The van der Waals surface area contributed by atoms with Gasteiger partial charge in [0.05, 0.1) is 22.5 Å². The van der Waals surface area contributed by atoms with Crippen molar-refractivity contribution in [3.63, 3.8) is 0 Å². The SMILES string of the molecule is O=c1[nH]c2ccc(-c3nc4ccc(C(F)(F)F)cn4c3CN3CCNCC3)cc2o1. The summed E-state index contributed by atoms with van der Waals surface area (Å²) < 4.78 is 46.6. The van der Waals surface area contributed by atoms with Gasteiger partial charge in [-0.1, -0.05) is 6.07 Å². The van der Waals surface area contributed by atoms with Crippen molar-refractivity contribution in [1.29, 1.82) is 0 Å². The summed E-state index contributed by atoms with van der Waals surface area (Å²) in [5.41, 5.74) is 2.53. The van der Waals surface area contributed by atoms with E-state index in [1.165, 1.54) is 10.5 Å². The second-order valence-electron chi connectivity index (χ2n) is 7.30. The van der Waals surface area contributed by atoms with E-state index in [1.807, 2.05) is 0 Å². The first-order valence-electron chi connectivity index (χ1n) is 9.53. The molecule has 0 bridgehead atoms. The van der Waals surface area contributed by atoms with Crippen molar-refractivity contribution in [2.24, 2.45) is 0 Å². The van der Waals surface area contributed by atoms with Crippen LogP contribution in [0.2, 0.25) is 0 Å². The van der Waals surface area contributed by atoms with E-state index < -0.39 is 17.5 Å². The molecule has 156 valence electrons. The summed E-state index contributed by atoms with van der Waals surface area (Å²) >= 11 is 0. The molecule has 1 aromatic carbocycles. The maximum Gasteiger partial charge on any atom is 0.417 e. The molecule has 10 heteroatoms. The van der Waals surface area contributed by atoms with Crippen LogP contribution in [0.1, 0.15) is 11.3 Å². The monoisotopic (exact) mass is 417 g/mol. The number of H-pyrrole nitrogens is 1. The maximum absolute atomic E-state index is 13.3. The van der Waals surface area contributed by atoms with Crippen LogP contribution in [-0.2, 0) is 12.7 Å². The predicted octanol–water partition coefficient (Wildman–Crippen LogP) is 2.86. The zero-order valence-electron chi connectivity index (χ0n) is 15.8. The van der Waals surface area contributed by atoms with Gasteiger partial charge in [0.2, 0.25) is 0 Å². The van der Waals surface area contributed by atoms with Crippen molar-refractivity contribution in [2.75, 3.05) is 26.2 Å². The van der Waals surface area contributed by atoms with Gasteiger partial charge in [-0.25, -0.2) is 9.78 Å². The lowest BCUT2D eigenvalue weighted by atomic mass is 10.1. The molecule has 1 fully saturated rings. The van der Waals surface area contributed by atoms with Crippen molar-refractivity contribution in [2.45, 2.75) is 12.7 Å². The summed E-state index contributed by atoms with van der Waals surface area (Å²) in [5, 5.41) is 3.27. The largest absolute Gasteiger partial charge is 0.417 e. The van der Waals surface area contributed by atoms with Gasteiger partial charge < -0.3 is 14.1 Å². The van der Waals surface area contributed by atoms with E-state index in [9.17, 15) is 18.0 Å². The van der Waals surface area contributed by atoms with Crippen LogP contribution in [0.15, 0.2) is 45.7 Å². The van der Waals surface area contributed by atoms with E-state index in [-0.39, 0.29) is 0 Å². The average molecular weight is 417 g/mol. The summed E-state index contributed by atoms with van der Waals surface area (Å²) in [4.78, 5) is 20.8. The third-order valence-corrected chi connectivity index (χ3v) is 5.32. The highest BCUT2D eigenvalue weighted by molar-refractivity contribution is 5.80. The van der Waals surface area contributed by atoms with Crippen LogP contribution >= 0.6 is 0 Å². The number of hydrogen-bond donors (Lipinski definition) is 2. The quantitative estimate of drug-likeness (QED) is 0.536. The van der Waals surface area contributed by atoms with Crippen LogP contribution < -0.4 is 11.1 Å². The number of halogens is 3. The molecule has 0 radical (unpaired) electrons. The number of hydrogen-bond acceptors (Lipinski definition) is 5. The Morgan fingerprint density at radius 1 is 1.13 bits per heavy atom. The van der Waals surface area contributed by atoms with Crippen LogP contribution in [0.5, 0.6) is 0 Å². The minimum absolute atomic E-state index is 0.374. The number of nitrogens with one attached hydrogen (secondary N) is 2. The molecule has 4 heterocycles. The second-order valence-corrected chi connectivity index (χ2v) is 7.30. The third-order valence-electron chi connectivity index (χ3n) is 5.32. The van der Waals surface area contributed by atoms with E-state index in [4.69, 9.17) is 4.42 Å². The molecule has 3 aromatic heterocycles. The normalized spacial score (nSPS) is 16.0. The summed E-state index contributed by atoms with van der Waals surface area (Å²) in [5.74, 6) is -0.562. The minimum Gasteiger partial charge on any atom is -0.408 e. The Hall–Kier alpha value is -3.11. The first-order valence-corrected chi connectivity index (χ1v) is 9.53. The number of pyridine rings is 1. The average Bonchev–Trinajstić information content (AvgIpc) is 3.26. The van der Waals surface area contributed by atoms with E-state index in [0.29, 0.717) is 40.2 Å². The number of rotatable bonds is 3.